The van der Waals surface area contributed by atoms with Crippen molar-refractivity contribution in [3.05, 3.63) is 24.3 Å². The lowest BCUT2D eigenvalue weighted by atomic mass is 10.0. The van der Waals surface area contributed by atoms with Gasteiger partial charge in [0.15, 0.2) is 0 Å². The Morgan fingerprint density at radius 1 is 1.12 bits per heavy atom. The Balaban J connectivity index is 2.73. The third-order valence-electron chi connectivity index (χ3n) is 3.85. The molecule has 0 aliphatic carbocycles. The molecule has 0 unspecified atom stereocenters. The van der Waals surface area contributed by atoms with Crippen molar-refractivity contribution in [3.63, 3.8) is 0 Å². The van der Waals surface area contributed by atoms with E-state index in [1.807, 2.05) is 13.8 Å². The monoisotopic (exact) mass is 333 g/mol. The minimum atomic E-state index is -0.168. The van der Waals surface area contributed by atoms with E-state index in [0.717, 1.165) is 12.8 Å². The molecule has 1 rings (SSSR count). The van der Waals surface area contributed by atoms with E-state index >= 15 is 0 Å². The van der Waals surface area contributed by atoms with Gasteiger partial charge in [-0.1, -0.05) is 19.9 Å². The van der Waals surface area contributed by atoms with Crippen LogP contribution in [0.5, 0.6) is 0 Å². The van der Waals surface area contributed by atoms with Crippen molar-refractivity contribution in [2.24, 2.45) is 5.92 Å². The van der Waals surface area contributed by atoms with E-state index in [1.54, 1.807) is 29.2 Å². The molecular weight excluding hydrogens is 306 g/mol. The van der Waals surface area contributed by atoms with Gasteiger partial charge in [-0.15, -0.1) is 0 Å². The van der Waals surface area contributed by atoms with Crippen LogP contribution in [0.15, 0.2) is 24.3 Å². The zero-order valence-corrected chi connectivity index (χ0v) is 14.9. The van der Waals surface area contributed by atoms with Crippen LogP contribution in [-0.2, 0) is 14.4 Å². The van der Waals surface area contributed by atoms with Crippen molar-refractivity contribution < 1.29 is 14.4 Å². The number of carbonyl (C=O) groups excluding carboxylic acids is 3. The number of hydrogen-bond acceptors (Lipinski definition) is 3. The molecule has 0 aliphatic rings. The number of nitrogens with one attached hydrogen (secondary N) is 2. The Labute approximate surface area is 143 Å². The average molecular weight is 333 g/mol. The van der Waals surface area contributed by atoms with Gasteiger partial charge < -0.3 is 15.5 Å². The molecule has 0 spiro atoms. The molecule has 132 valence electrons. The number of amides is 3. The molecule has 0 saturated carbocycles. The number of rotatable bonds is 8. The predicted molar refractivity (Wildman–Crippen MR) is 95.9 cm³/mol. The maximum Gasteiger partial charge on any atom is 0.223 e. The summed E-state index contributed by atoms with van der Waals surface area (Å²) in [5.74, 6) is -0.250. The Hall–Kier alpha value is -2.37. The van der Waals surface area contributed by atoms with Gasteiger partial charge in [0.2, 0.25) is 17.7 Å². The Morgan fingerprint density at radius 3 is 2.33 bits per heavy atom. The predicted octanol–water partition coefficient (Wildman–Crippen LogP) is 2.55. The molecule has 6 heteroatoms. The molecule has 0 atom stereocenters. The molecule has 24 heavy (non-hydrogen) atoms. The molecule has 0 bridgehead atoms. The Morgan fingerprint density at radius 2 is 1.79 bits per heavy atom. The van der Waals surface area contributed by atoms with Gasteiger partial charge in [0.25, 0.3) is 0 Å². The summed E-state index contributed by atoms with van der Waals surface area (Å²) in [6.45, 7) is 7.66. The summed E-state index contributed by atoms with van der Waals surface area (Å²) in [6, 6.07) is 7.08. The minimum absolute atomic E-state index is 0.0128. The van der Waals surface area contributed by atoms with Crippen molar-refractivity contribution in [1.29, 1.82) is 0 Å². The highest BCUT2D eigenvalue weighted by Gasteiger charge is 2.16. The highest BCUT2D eigenvalue weighted by atomic mass is 16.2. The van der Waals surface area contributed by atoms with Crippen LogP contribution >= 0.6 is 0 Å². The molecule has 1 aromatic rings. The van der Waals surface area contributed by atoms with E-state index in [9.17, 15) is 14.4 Å². The highest BCUT2D eigenvalue weighted by Crippen LogP contribution is 2.19. The van der Waals surface area contributed by atoms with Crippen molar-refractivity contribution >= 4 is 29.1 Å². The number of hydrogen-bond donors (Lipinski definition) is 2. The molecule has 2 N–H and O–H groups in total. The minimum Gasteiger partial charge on any atom is -0.354 e. The van der Waals surface area contributed by atoms with Gasteiger partial charge in [0.05, 0.1) is 0 Å². The maximum atomic E-state index is 12.0. The fraction of sp³-hybridized carbons (Fsp3) is 0.500. The van der Waals surface area contributed by atoms with Crippen LogP contribution in [0.3, 0.4) is 0 Å². The Kier molecular flexibility index (Phi) is 7.95. The quantitative estimate of drug-likeness (QED) is 0.767. The number of nitrogens with zero attached hydrogens (tertiary/aromatic N) is 1. The summed E-state index contributed by atoms with van der Waals surface area (Å²) < 4.78 is 0. The zero-order chi connectivity index (χ0) is 18.1. The molecule has 0 fully saturated rings. The summed E-state index contributed by atoms with van der Waals surface area (Å²) >= 11 is 0. The number of carbonyl (C=O) groups is 3. The SMILES string of the molecule is CCC(CC)C(=O)NCCN(C(C)=O)c1cccc(NC(C)=O)c1. The van der Waals surface area contributed by atoms with Gasteiger partial charge >= 0.3 is 0 Å². The third-order valence-corrected chi connectivity index (χ3v) is 3.85. The van der Waals surface area contributed by atoms with E-state index in [2.05, 4.69) is 10.6 Å². The summed E-state index contributed by atoms with van der Waals surface area (Å²) in [6.07, 6.45) is 1.61. The molecule has 0 radical (unpaired) electrons. The van der Waals surface area contributed by atoms with Crippen LogP contribution in [-0.4, -0.2) is 30.8 Å². The van der Waals surface area contributed by atoms with Gasteiger partial charge in [-0.25, -0.2) is 0 Å². The first-order chi connectivity index (χ1) is 11.4. The summed E-state index contributed by atoms with van der Waals surface area (Å²) in [5.41, 5.74) is 1.32. The normalized spacial score (nSPS) is 10.4. The first-order valence-corrected chi connectivity index (χ1v) is 8.32. The first kappa shape index (κ1) is 19.7. The third kappa shape index (κ3) is 6.02. The van der Waals surface area contributed by atoms with Gasteiger partial charge in [-0.2, -0.15) is 0 Å². The van der Waals surface area contributed by atoms with E-state index in [-0.39, 0.29) is 23.6 Å². The second kappa shape index (κ2) is 9.70. The molecule has 0 aromatic heterocycles. The lowest BCUT2D eigenvalue weighted by molar-refractivity contribution is -0.125. The lowest BCUT2D eigenvalue weighted by Gasteiger charge is -2.22. The van der Waals surface area contributed by atoms with Gasteiger partial charge in [0, 0.05) is 44.2 Å². The number of anilines is 2. The number of benzene rings is 1. The second-order valence-electron chi connectivity index (χ2n) is 5.71. The van der Waals surface area contributed by atoms with Crippen LogP contribution < -0.4 is 15.5 Å². The van der Waals surface area contributed by atoms with E-state index in [1.165, 1.54) is 13.8 Å². The van der Waals surface area contributed by atoms with E-state index < -0.39 is 0 Å². The van der Waals surface area contributed by atoms with Crippen LogP contribution in [0.4, 0.5) is 11.4 Å². The van der Waals surface area contributed by atoms with E-state index in [0.29, 0.717) is 24.5 Å². The fourth-order valence-electron chi connectivity index (χ4n) is 2.52. The van der Waals surface area contributed by atoms with Crippen LogP contribution in [0, 0.1) is 5.92 Å². The summed E-state index contributed by atoms with van der Waals surface area (Å²) in [4.78, 5) is 36.7. The van der Waals surface area contributed by atoms with Gasteiger partial charge in [-0.3, -0.25) is 14.4 Å². The van der Waals surface area contributed by atoms with Crippen molar-refractivity contribution in [2.45, 2.75) is 40.5 Å². The first-order valence-electron chi connectivity index (χ1n) is 8.32. The topological polar surface area (TPSA) is 78.5 Å². The van der Waals surface area contributed by atoms with Crippen LogP contribution in [0.2, 0.25) is 0 Å². The maximum absolute atomic E-state index is 12.0. The van der Waals surface area contributed by atoms with E-state index in [4.69, 9.17) is 0 Å². The van der Waals surface area contributed by atoms with Crippen molar-refractivity contribution in [2.75, 3.05) is 23.3 Å². The standard InChI is InChI=1S/C18H27N3O3/c1-5-15(6-2)18(24)19-10-11-21(14(4)23)17-9-7-8-16(12-17)20-13(3)22/h7-9,12,15H,5-6,10-11H2,1-4H3,(H,19,24)(H,20,22). The van der Waals surface area contributed by atoms with Gasteiger partial charge in [-0.05, 0) is 31.0 Å². The molecule has 0 saturated heterocycles. The molecule has 3 amide bonds. The smallest absolute Gasteiger partial charge is 0.223 e. The van der Waals surface area contributed by atoms with Crippen LogP contribution in [0.25, 0.3) is 0 Å². The largest absolute Gasteiger partial charge is 0.354 e. The summed E-state index contributed by atoms with van der Waals surface area (Å²) in [5, 5.41) is 5.58. The zero-order valence-electron chi connectivity index (χ0n) is 14.9. The second-order valence-corrected chi connectivity index (χ2v) is 5.71. The van der Waals surface area contributed by atoms with Crippen molar-refractivity contribution in [1.82, 2.24) is 5.32 Å². The lowest BCUT2D eigenvalue weighted by Crippen LogP contribution is -2.39. The fourth-order valence-corrected chi connectivity index (χ4v) is 2.52. The Bertz CT molecular complexity index is 583. The molecule has 0 aliphatic heterocycles. The molecule has 0 heterocycles. The highest BCUT2D eigenvalue weighted by molar-refractivity contribution is 5.94. The molecular formula is C18H27N3O3. The van der Waals surface area contributed by atoms with Gasteiger partial charge in [0.1, 0.15) is 0 Å². The molecule has 1 aromatic carbocycles. The summed E-state index contributed by atoms with van der Waals surface area (Å²) in [7, 11) is 0. The average Bonchev–Trinajstić information content (AvgIpc) is 2.52. The van der Waals surface area contributed by atoms with Crippen molar-refractivity contribution in [3.8, 4) is 0 Å². The van der Waals surface area contributed by atoms with Crippen LogP contribution in [0.1, 0.15) is 40.5 Å². The molecule has 6 nitrogen and oxygen atoms in total.